The molecule has 0 atom stereocenters. The van der Waals surface area contributed by atoms with E-state index >= 15 is 0 Å². The Morgan fingerprint density at radius 1 is 1.00 bits per heavy atom. The summed E-state index contributed by atoms with van der Waals surface area (Å²) in [5.74, 6) is 0.944. The summed E-state index contributed by atoms with van der Waals surface area (Å²) < 4.78 is 5.38. The normalized spacial score (nSPS) is 10.8. The zero-order valence-corrected chi connectivity index (χ0v) is 14.3. The van der Waals surface area contributed by atoms with E-state index in [2.05, 4.69) is 4.98 Å². The number of Topliss-reactive ketones (excluding diaryl/α,β-unsaturated/α-hetero) is 1. The summed E-state index contributed by atoms with van der Waals surface area (Å²) in [6, 6.07) is 15.9. The van der Waals surface area contributed by atoms with Crippen molar-refractivity contribution in [1.29, 1.82) is 0 Å². The Balaban J connectivity index is 1.87. The molecule has 0 saturated carbocycles. The first kappa shape index (κ1) is 16.2. The smallest absolute Gasteiger partial charge is 0.141 e. The number of rotatable bonds is 5. The lowest BCUT2D eigenvalue weighted by Gasteiger charge is -2.10. The molecule has 3 rings (SSSR count). The van der Waals surface area contributed by atoms with Crippen LogP contribution >= 0.6 is 0 Å². The summed E-state index contributed by atoms with van der Waals surface area (Å²) >= 11 is 0. The summed E-state index contributed by atoms with van der Waals surface area (Å²) in [5, 5.41) is 1.05. The maximum absolute atomic E-state index is 12.6. The number of benzene rings is 2. The number of para-hydroxylation sites is 1. The molecule has 3 nitrogen and oxygen atoms in total. The Bertz CT molecular complexity index is 899. The third-order valence-corrected chi connectivity index (χ3v) is 4.14. The van der Waals surface area contributed by atoms with Crippen LogP contribution in [-0.4, -0.2) is 17.9 Å². The predicted molar refractivity (Wildman–Crippen MR) is 96.6 cm³/mol. The number of methoxy groups -OCH3 is 1. The van der Waals surface area contributed by atoms with Gasteiger partial charge in [-0.1, -0.05) is 35.9 Å². The molecule has 0 unspecified atom stereocenters. The van der Waals surface area contributed by atoms with Crippen molar-refractivity contribution in [2.45, 2.75) is 26.7 Å². The lowest BCUT2D eigenvalue weighted by molar-refractivity contribution is -0.117. The Kier molecular flexibility index (Phi) is 4.61. The molecular weight excluding hydrogens is 298 g/mol. The number of nitrogens with zero attached hydrogens (tertiary/aromatic N) is 1. The number of ketones is 1. The molecule has 1 heterocycles. The first-order chi connectivity index (χ1) is 11.6. The summed E-state index contributed by atoms with van der Waals surface area (Å²) in [5.41, 5.74) is 4.98. The number of ether oxygens (including phenoxy) is 1. The topological polar surface area (TPSA) is 39.2 Å². The fourth-order valence-corrected chi connectivity index (χ4v) is 3.07. The molecule has 1 aromatic heterocycles. The summed E-state index contributed by atoms with van der Waals surface area (Å²) in [4.78, 5) is 17.2. The van der Waals surface area contributed by atoms with Crippen molar-refractivity contribution in [3.63, 3.8) is 0 Å². The zero-order valence-electron chi connectivity index (χ0n) is 14.3. The minimum Gasteiger partial charge on any atom is -0.496 e. The Morgan fingerprint density at radius 3 is 2.54 bits per heavy atom. The molecule has 3 aromatic rings. The van der Waals surface area contributed by atoms with Gasteiger partial charge in [-0.2, -0.15) is 0 Å². The van der Waals surface area contributed by atoms with Gasteiger partial charge in [0.1, 0.15) is 11.5 Å². The molecule has 0 aliphatic carbocycles. The first-order valence-corrected chi connectivity index (χ1v) is 8.07. The molecule has 0 N–H and O–H groups in total. The molecule has 3 heteroatoms. The third-order valence-electron chi connectivity index (χ3n) is 4.14. The van der Waals surface area contributed by atoms with Crippen molar-refractivity contribution in [1.82, 2.24) is 4.98 Å². The maximum Gasteiger partial charge on any atom is 0.141 e. The van der Waals surface area contributed by atoms with E-state index in [0.717, 1.165) is 39.0 Å². The summed E-state index contributed by atoms with van der Waals surface area (Å²) in [7, 11) is 1.64. The number of pyridine rings is 1. The molecule has 0 aliphatic heterocycles. The minimum absolute atomic E-state index is 0.176. The molecule has 0 fully saturated rings. The summed E-state index contributed by atoms with van der Waals surface area (Å²) in [6.45, 7) is 3.98. The third kappa shape index (κ3) is 3.46. The molecule has 0 saturated heterocycles. The van der Waals surface area contributed by atoms with Crippen LogP contribution in [0.1, 0.15) is 22.4 Å². The van der Waals surface area contributed by atoms with E-state index in [1.807, 2.05) is 62.4 Å². The van der Waals surface area contributed by atoms with Gasteiger partial charge >= 0.3 is 0 Å². The summed E-state index contributed by atoms with van der Waals surface area (Å²) in [6.07, 6.45) is 0.779. The average molecular weight is 319 g/mol. The molecule has 0 amide bonds. The highest BCUT2D eigenvalue weighted by atomic mass is 16.5. The van der Waals surface area contributed by atoms with Crippen LogP contribution in [-0.2, 0) is 17.6 Å². The fraction of sp³-hybridized carbons (Fsp3) is 0.238. The lowest BCUT2D eigenvalue weighted by atomic mass is 9.98. The van der Waals surface area contributed by atoms with Gasteiger partial charge in [0.15, 0.2) is 0 Å². The zero-order chi connectivity index (χ0) is 17.1. The van der Waals surface area contributed by atoms with Gasteiger partial charge in [-0.3, -0.25) is 9.78 Å². The number of aromatic nitrogens is 1. The van der Waals surface area contributed by atoms with Gasteiger partial charge in [-0.15, -0.1) is 0 Å². The number of hydrogen-bond donors (Lipinski definition) is 0. The van der Waals surface area contributed by atoms with E-state index in [9.17, 15) is 4.79 Å². The molecule has 2 aromatic carbocycles. The van der Waals surface area contributed by atoms with E-state index in [1.54, 1.807) is 7.11 Å². The highest BCUT2D eigenvalue weighted by molar-refractivity contribution is 5.90. The van der Waals surface area contributed by atoms with Gasteiger partial charge in [0.25, 0.3) is 0 Å². The van der Waals surface area contributed by atoms with Gasteiger partial charge in [0.2, 0.25) is 0 Å². The molecule has 122 valence electrons. The first-order valence-electron chi connectivity index (χ1n) is 8.07. The second-order valence-corrected chi connectivity index (χ2v) is 6.15. The van der Waals surface area contributed by atoms with E-state index in [1.165, 1.54) is 0 Å². The fourth-order valence-electron chi connectivity index (χ4n) is 3.07. The Hall–Kier alpha value is -2.68. The highest BCUT2D eigenvalue weighted by Gasteiger charge is 2.12. The monoisotopic (exact) mass is 319 g/mol. The van der Waals surface area contributed by atoms with Gasteiger partial charge in [-0.25, -0.2) is 0 Å². The predicted octanol–water partition coefficient (Wildman–Crippen LogP) is 4.21. The van der Waals surface area contributed by atoms with E-state index < -0.39 is 0 Å². The van der Waals surface area contributed by atoms with Crippen LogP contribution in [0.15, 0.2) is 48.5 Å². The minimum atomic E-state index is 0.176. The van der Waals surface area contributed by atoms with Crippen molar-refractivity contribution in [3.05, 3.63) is 70.9 Å². The number of carbonyl (C=O) groups is 1. The molecule has 0 aliphatic rings. The molecule has 24 heavy (non-hydrogen) atoms. The van der Waals surface area contributed by atoms with Gasteiger partial charge in [-0.05, 0) is 37.6 Å². The largest absolute Gasteiger partial charge is 0.496 e. The number of carbonyl (C=O) groups excluding carboxylic acids is 1. The van der Waals surface area contributed by atoms with Crippen molar-refractivity contribution >= 4 is 16.7 Å². The standard InChI is InChI=1S/C21H21NO2/c1-14-8-9-21(24-3)17(10-14)13-18(23)12-16-11-15(2)22-20-7-5-4-6-19(16)20/h4-11H,12-13H2,1-3H3. The van der Waals surface area contributed by atoms with Crippen LogP contribution in [0.25, 0.3) is 10.9 Å². The van der Waals surface area contributed by atoms with Crippen molar-refractivity contribution in [2.24, 2.45) is 0 Å². The highest BCUT2D eigenvalue weighted by Crippen LogP contribution is 2.23. The van der Waals surface area contributed by atoms with Crippen LogP contribution in [0.5, 0.6) is 5.75 Å². The van der Waals surface area contributed by atoms with Gasteiger partial charge < -0.3 is 4.74 Å². The van der Waals surface area contributed by atoms with Crippen LogP contribution in [0.4, 0.5) is 0 Å². The Labute approximate surface area is 142 Å². The van der Waals surface area contributed by atoms with Gasteiger partial charge in [0, 0.05) is 29.5 Å². The molecule has 0 radical (unpaired) electrons. The van der Waals surface area contributed by atoms with Crippen LogP contribution < -0.4 is 4.74 Å². The lowest BCUT2D eigenvalue weighted by Crippen LogP contribution is -2.09. The van der Waals surface area contributed by atoms with E-state index in [0.29, 0.717) is 12.8 Å². The second kappa shape index (κ2) is 6.83. The van der Waals surface area contributed by atoms with Crippen LogP contribution in [0, 0.1) is 13.8 Å². The van der Waals surface area contributed by atoms with Crippen LogP contribution in [0.3, 0.4) is 0 Å². The van der Waals surface area contributed by atoms with Crippen molar-refractivity contribution < 1.29 is 9.53 Å². The average Bonchev–Trinajstić information content (AvgIpc) is 2.55. The van der Waals surface area contributed by atoms with Gasteiger partial charge in [0.05, 0.1) is 12.6 Å². The molecule has 0 spiro atoms. The Morgan fingerprint density at radius 2 is 1.75 bits per heavy atom. The van der Waals surface area contributed by atoms with E-state index in [4.69, 9.17) is 4.74 Å². The number of fused-ring (bicyclic) bond motifs is 1. The van der Waals surface area contributed by atoms with Crippen molar-refractivity contribution in [2.75, 3.05) is 7.11 Å². The quantitative estimate of drug-likeness (QED) is 0.707. The van der Waals surface area contributed by atoms with E-state index in [-0.39, 0.29) is 5.78 Å². The maximum atomic E-state index is 12.6. The van der Waals surface area contributed by atoms with Crippen molar-refractivity contribution in [3.8, 4) is 5.75 Å². The molecular formula is C21H21NO2. The van der Waals surface area contributed by atoms with Crippen LogP contribution in [0.2, 0.25) is 0 Å². The number of hydrogen-bond acceptors (Lipinski definition) is 3. The second-order valence-electron chi connectivity index (χ2n) is 6.15. The molecule has 0 bridgehead atoms. The number of aryl methyl sites for hydroxylation is 2. The SMILES string of the molecule is COc1ccc(C)cc1CC(=O)Cc1cc(C)nc2ccccc12.